The monoisotopic (exact) mass is 385 g/mol. The molecule has 0 fully saturated rings. The number of aromatic amines is 1. The van der Waals surface area contributed by atoms with Crippen LogP contribution in [0.5, 0.6) is 5.75 Å². The lowest BCUT2D eigenvalue weighted by molar-refractivity contribution is 0.411. The number of thiophene rings is 1. The summed E-state index contributed by atoms with van der Waals surface area (Å²) in [5.74, 6) is 1.03. The van der Waals surface area contributed by atoms with Crippen LogP contribution in [0.25, 0.3) is 16.4 Å². The van der Waals surface area contributed by atoms with Gasteiger partial charge in [0.15, 0.2) is 5.82 Å². The molecular weight excluding hydrogens is 378 g/mol. The van der Waals surface area contributed by atoms with E-state index in [0.29, 0.717) is 21.6 Å². The number of ether oxygens (including phenoxy) is 1. The van der Waals surface area contributed by atoms with Gasteiger partial charge >= 0.3 is 5.69 Å². The number of hydrogen-bond acceptors (Lipinski definition) is 4. The Morgan fingerprint density at radius 3 is 2.86 bits per heavy atom. The average Bonchev–Trinajstić information content (AvgIpc) is 3.05. The first-order valence-electron chi connectivity index (χ1n) is 5.87. The Labute approximate surface area is 137 Å². The molecule has 2 heterocycles. The van der Waals surface area contributed by atoms with Crippen molar-refractivity contribution in [2.75, 3.05) is 7.11 Å². The van der Waals surface area contributed by atoms with Crippen LogP contribution in [0.1, 0.15) is 0 Å². The van der Waals surface area contributed by atoms with E-state index in [-0.39, 0.29) is 5.69 Å². The second kappa shape index (κ2) is 5.67. The van der Waals surface area contributed by atoms with Gasteiger partial charge in [-0.15, -0.1) is 16.4 Å². The molecule has 0 unspecified atom stereocenters. The van der Waals surface area contributed by atoms with Crippen LogP contribution >= 0.6 is 38.9 Å². The molecule has 108 valence electrons. The quantitative estimate of drug-likeness (QED) is 0.746. The number of benzene rings is 1. The molecule has 0 saturated carbocycles. The predicted octanol–water partition coefficient (Wildman–Crippen LogP) is 3.71. The average molecular weight is 387 g/mol. The van der Waals surface area contributed by atoms with E-state index in [1.807, 2.05) is 12.1 Å². The van der Waals surface area contributed by atoms with Crippen molar-refractivity contribution in [3.63, 3.8) is 0 Å². The van der Waals surface area contributed by atoms with Gasteiger partial charge in [-0.05, 0) is 30.3 Å². The van der Waals surface area contributed by atoms with Gasteiger partial charge in [-0.25, -0.2) is 4.79 Å². The Balaban J connectivity index is 2.14. The van der Waals surface area contributed by atoms with E-state index >= 15 is 0 Å². The summed E-state index contributed by atoms with van der Waals surface area (Å²) in [6, 6.07) is 8.95. The zero-order chi connectivity index (χ0) is 15.0. The number of aromatic nitrogens is 3. The van der Waals surface area contributed by atoms with Crippen molar-refractivity contribution in [3.05, 3.63) is 49.6 Å². The lowest BCUT2D eigenvalue weighted by Crippen LogP contribution is -2.16. The molecule has 3 rings (SSSR count). The van der Waals surface area contributed by atoms with Crippen LogP contribution < -0.4 is 10.4 Å². The van der Waals surface area contributed by atoms with Gasteiger partial charge in [0.05, 0.1) is 16.3 Å². The fraction of sp³-hybridized carbons (Fsp3) is 0.0769. The highest BCUT2D eigenvalue weighted by Gasteiger charge is 2.14. The fourth-order valence-corrected chi connectivity index (χ4v) is 3.20. The number of nitrogens with zero attached hydrogens (tertiary/aromatic N) is 2. The molecule has 0 saturated heterocycles. The number of hydrogen-bond donors (Lipinski definition) is 1. The summed E-state index contributed by atoms with van der Waals surface area (Å²) < 4.78 is 8.01. The first-order valence-corrected chi connectivity index (χ1v) is 7.86. The highest BCUT2D eigenvalue weighted by molar-refractivity contribution is 9.10. The number of halogens is 2. The zero-order valence-electron chi connectivity index (χ0n) is 10.8. The SMILES string of the molecule is COc1ccc(Br)cc1-n1nc(-c2ccc(Cl)s2)[nH]c1=O. The largest absolute Gasteiger partial charge is 0.494 e. The third-order valence-corrected chi connectivity index (χ3v) is 4.52. The fourth-order valence-electron chi connectivity index (χ4n) is 1.87. The van der Waals surface area contributed by atoms with Crippen molar-refractivity contribution in [3.8, 4) is 22.1 Å². The van der Waals surface area contributed by atoms with Crippen molar-refractivity contribution >= 4 is 38.9 Å². The zero-order valence-corrected chi connectivity index (χ0v) is 13.9. The number of methoxy groups -OCH3 is 1. The van der Waals surface area contributed by atoms with Crippen LogP contribution in [0.15, 0.2) is 39.6 Å². The molecule has 5 nitrogen and oxygen atoms in total. The minimum atomic E-state index is -0.342. The van der Waals surface area contributed by atoms with E-state index in [0.717, 1.165) is 9.35 Å². The van der Waals surface area contributed by atoms with Crippen molar-refractivity contribution in [1.29, 1.82) is 0 Å². The smallest absolute Gasteiger partial charge is 0.348 e. The number of nitrogens with one attached hydrogen (secondary N) is 1. The molecule has 0 bridgehead atoms. The summed E-state index contributed by atoms with van der Waals surface area (Å²) in [7, 11) is 1.55. The molecule has 0 atom stereocenters. The van der Waals surface area contributed by atoms with Crippen molar-refractivity contribution in [2.45, 2.75) is 0 Å². The van der Waals surface area contributed by atoms with Crippen LogP contribution in [-0.4, -0.2) is 21.9 Å². The first kappa shape index (κ1) is 14.4. The minimum absolute atomic E-state index is 0.342. The Morgan fingerprint density at radius 2 is 2.19 bits per heavy atom. The molecule has 1 aromatic carbocycles. The number of rotatable bonds is 3. The molecule has 1 N–H and O–H groups in total. The van der Waals surface area contributed by atoms with Gasteiger partial charge in [-0.2, -0.15) is 4.68 Å². The summed E-state index contributed by atoms with van der Waals surface area (Å²) >= 11 is 10.6. The van der Waals surface area contributed by atoms with Gasteiger partial charge in [-0.1, -0.05) is 27.5 Å². The highest BCUT2D eigenvalue weighted by atomic mass is 79.9. The minimum Gasteiger partial charge on any atom is -0.494 e. The maximum atomic E-state index is 12.1. The van der Waals surface area contributed by atoms with Crippen molar-refractivity contribution in [1.82, 2.24) is 14.8 Å². The molecule has 0 amide bonds. The number of H-pyrrole nitrogens is 1. The standard InChI is InChI=1S/C13H9BrClN3O2S/c1-20-9-3-2-7(14)6-8(9)18-13(19)16-12(17-18)10-4-5-11(15)21-10/h2-6H,1H3,(H,16,17,19). The molecule has 0 aliphatic heterocycles. The van der Waals surface area contributed by atoms with Crippen molar-refractivity contribution < 1.29 is 4.74 Å². The Morgan fingerprint density at radius 1 is 1.38 bits per heavy atom. The van der Waals surface area contributed by atoms with Gasteiger partial charge in [-0.3, -0.25) is 4.98 Å². The first-order chi connectivity index (χ1) is 10.1. The molecule has 8 heteroatoms. The van der Waals surface area contributed by atoms with Crippen LogP contribution in [0.2, 0.25) is 4.34 Å². The lowest BCUT2D eigenvalue weighted by Gasteiger charge is -2.07. The Bertz CT molecular complexity index is 855. The molecular formula is C13H9BrClN3O2S. The van der Waals surface area contributed by atoms with E-state index in [1.165, 1.54) is 16.0 Å². The topological polar surface area (TPSA) is 59.9 Å². The van der Waals surface area contributed by atoms with Gasteiger partial charge in [0, 0.05) is 4.47 Å². The lowest BCUT2D eigenvalue weighted by atomic mass is 10.3. The maximum Gasteiger partial charge on any atom is 0.348 e. The summed E-state index contributed by atoms with van der Waals surface area (Å²) in [5, 5.41) is 4.31. The van der Waals surface area contributed by atoms with Gasteiger partial charge in [0.25, 0.3) is 0 Å². The summed E-state index contributed by atoms with van der Waals surface area (Å²) in [6.07, 6.45) is 0. The molecule has 0 radical (unpaired) electrons. The molecule has 2 aromatic heterocycles. The summed E-state index contributed by atoms with van der Waals surface area (Å²) in [4.78, 5) is 15.7. The molecule has 0 aliphatic rings. The van der Waals surface area contributed by atoms with Crippen LogP contribution in [0.3, 0.4) is 0 Å². The second-order valence-electron chi connectivity index (χ2n) is 4.11. The van der Waals surface area contributed by atoms with E-state index in [4.69, 9.17) is 16.3 Å². The molecule has 0 spiro atoms. The molecule has 3 aromatic rings. The van der Waals surface area contributed by atoms with Gasteiger partial charge < -0.3 is 4.74 Å². The van der Waals surface area contributed by atoms with E-state index in [9.17, 15) is 4.79 Å². The van der Waals surface area contributed by atoms with Crippen LogP contribution in [0, 0.1) is 0 Å². The van der Waals surface area contributed by atoms with E-state index in [1.54, 1.807) is 25.3 Å². The highest BCUT2D eigenvalue weighted by Crippen LogP contribution is 2.29. The van der Waals surface area contributed by atoms with Gasteiger partial charge in [0.2, 0.25) is 0 Å². The van der Waals surface area contributed by atoms with Crippen LogP contribution in [0.4, 0.5) is 0 Å². The molecule has 0 aliphatic carbocycles. The van der Waals surface area contributed by atoms with Gasteiger partial charge in [0.1, 0.15) is 11.4 Å². The normalized spacial score (nSPS) is 10.8. The van der Waals surface area contributed by atoms with Crippen LogP contribution in [-0.2, 0) is 0 Å². The third kappa shape index (κ3) is 2.76. The summed E-state index contributed by atoms with van der Waals surface area (Å²) in [6.45, 7) is 0. The third-order valence-electron chi connectivity index (χ3n) is 2.79. The van der Waals surface area contributed by atoms with E-state index < -0.39 is 0 Å². The second-order valence-corrected chi connectivity index (χ2v) is 6.74. The molecule has 21 heavy (non-hydrogen) atoms. The Hall–Kier alpha value is -1.57. The van der Waals surface area contributed by atoms with E-state index in [2.05, 4.69) is 26.0 Å². The van der Waals surface area contributed by atoms with Crippen molar-refractivity contribution in [2.24, 2.45) is 0 Å². The Kier molecular flexibility index (Phi) is 3.88. The maximum absolute atomic E-state index is 12.1. The predicted molar refractivity (Wildman–Crippen MR) is 86.8 cm³/mol. The summed E-state index contributed by atoms with van der Waals surface area (Å²) in [5.41, 5.74) is 0.216.